The van der Waals surface area contributed by atoms with E-state index in [0.29, 0.717) is 26.0 Å². The van der Waals surface area contributed by atoms with Gasteiger partial charge in [0.15, 0.2) is 0 Å². The first-order valence-corrected chi connectivity index (χ1v) is 7.82. The van der Waals surface area contributed by atoms with Crippen LogP contribution in [0.25, 0.3) is 0 Å². The highest BCUT2D eigenvalue weighted by molar-refractivity contribution is 5.96. The highest BCUT2D eigenvalue weighted by Gasteiger charge is 2.25. The standard InChI is InChI=1S/C18H18N2O4/c1-13-2-6-16(7-3-13)24-11-10-19-17-8-5-15(20(22)23)12-14(17)4-9-18(19)21/h2-3,5-8,12H,4,9-11H2,1H3. The van der Waals surface area contributed by atoms with Gasteiger partial charge in [0.2, 0.25) is 5.91 Å². The van der Waals surface area contributed by atoms with Crippen LogP contribution in [0.3, 0.4) is 0 Å². The van der Waals surface area contributed by atoms with Crippen LogP contribution >= 0.6 is 0 Å². The highest BCUT2D eigenvalue weighted by Crippen LogP contribution is 2.30. The molecule has 1 heterocycles. The summed E-state index contributed by atoms with van der Waals surface area (Å²) >= 11 is 0. The minimum absolute atomic E-state index is 0.0175. The third-order valence-corrected chi connectivity index (χ3v) is 4.08. The number of carbonyl (C=O) groups is 1. The van der Waals surface area contributed by atoms with Crippen molar-refractivity contribution < 1.29 is 14.5 Å². The van der Waals surface area contributed by atoms with E-state index in [-0.39, 0.29) is 11.6 Å². The summed E-state index contributed by atoms with van der Waals surface area (Å²) in [4.78, 5) is 24.3. The van der Waals surface area contributed by atoms with Gasteiger partial charge in [-0.15, -0.1) is 0 Å². The number of non-ortho nitro benzene ring substituents is 1. The SMILES string of the molecule is Cc1ccc(OCCN2C(=O)CCc3cc([N+](=O)[O-])ccc32)cc1. The lowest BCUT2D eigenvalue weighted by atomic mass is 10.0. The first-order valence-electron chi connectivity index (χ1n) is 7.82. The number of hydrogen-bond donors (Lipinski definition) is 0. The summed E-state index contributed by atoms with van der Waals surface area (Å²) in [5.41, 5.74) is 2.78. The molecule has 2 aromatic rings. The van der Waals surface area contributed by atoms with Crippen molar-refractivity contribution in [3.8, 4) is 5.75 Å². The van der Waals surface area contributed by atoms with E-state index >= 15 is 0 Å². The fourth-order valence-corrected chi connectivity index (χ4v) is 2.79. The molecule has 6 nitrogen and oxygen atoms in total. The number of fused-ring (bicyclic) bond motifs is 1. The van der Waals surface area contributed by atoms with Gasteiger partial charge >= 0.3 is 0 Å². The molecule has 0 N–H and O–H groups in total. The van der Waals surface area contributed by atoms with E-state index < -0.39 is 4.92 Å². The van der Waals surface area contributed by atoms with Crippen molar-refractivity contribution >= 4 is 17.3 Å². The van der Waals surface area contributed by atoms with Crippen molar-refractivity contribution in [2.75, 3.05) is 18.1 Å². The maximum absolute atomic E-state index is 12.2. The number of hydrogen-bond acceptors (Lipinski definition) is 4. The number of nitro benzene ring substituents is 1. The van der Waals surface area contributed by atoms with Gasteiger partial charge in [0.05, 0.1) is 11.5 Å². The minimum Gasteiger partial charge on any atom is -0.492 e. The molecule has 1 amide bonds. The second-order valence-electron chi connectivity index (χ2n) is 5.78. The number of nitrogens with zero attached hydrogens (tertiary/aromatic N) is 2. The number of benzene rings is 2. The molecule has 0 saturated carbocycles. The molecule has 0 unspecified atom stereocenters. The van der Waals surface area contributed by atoms with Crippen LogP contribution in [0, 0.1) is 17.0 Å². The molecule has 2 aromatic carbocycles. The maximum atomic E-state index is 12.2. The summed E-state index contributed by atoms with van der Waals surface area (Å²) < 4.78 is 5.69. The first-order chi connectivity index (χ1) is 11.5. The van der Waals surface area contributed by atoms with E-state index in [1.807, 2.05) is 31.2 Å². The van der Waals surface area contributed by atoms with Crippen molar-refractivity contribution in [2.24, 2.45) is 0 Å². The van der Waals surface area contributed by atoms with E-state index in [2.05, 4.69) is 0 Å². The molecule has 1 aliphatic heterocycles. The zero-order valence-corrected chi connectivity index (χ0v) is 13.4. The van der Waals surface area contributed by atoms with Crippen LogP contribution < -0.4 is 9.64 Å². The van der Waals surface area contributed by atoms with Crippen LogP contribution in [-0.4, -0.2) is 24.0 Å². The molecule has 0 atom stereocenters. The zero-order valence-electron chi connectivity index (χ0n) is 13.4. The minimum atomic E-state index is -0.415. The molecule has 0 radical (unpaired) electrons. The molecular formula is C18H18N2O4. The molecule has 3 rings (SSSR count). The molecule has 24 heavy (non-hydrogen) atoms. The van der Waals surface area contributed by atoms with Gasteiger partial charge in [0, 0.05) is 24.2 Å². The molecule has 0 spiro atoms. The predicted molar refractivity (Wildman–Crippen MR) is 90.4 cm³/mol. The Hall–Kier alpha value is -2.89. The summed E-state index contributed by atoms with van der Waals surface area (Å²) in [6, 6.07) is 12.4. The van der Waals surface area contributed by atoms with Crippen molar-refractivity contribution in [1.29, 1.82) is 0 Å². The van der Waals surface area contributed by atoms with Crippen LogP contribution in [0.5, 0.6) is 5.75 Å². The van der Waals surface area contributed by atoms with Gasteiger partial charge in [-0.2, -0.15) is 0 Å². The Bertz CT molecular complexity index is 771. The lowest BCUT2D eigenvalue weighted by Gasteiger charge is -2.29. The smallest absolute Gasteiger partial charge is 0.269 e. The monoisotopic (exact) mass is 326 g/mol. The Morgan fingerprint density at radius 3 is 2.62 bits per heavy atom. The molecule has 0 aromatic heterocycles. The van der Waals surface area contributed by atoms with Crippen LogP contribution in [-0.2, 0) is 11.2 Å². The topological polar surface area (TPSA) is 72.7 Å². The zero-order chi connectivity index (χ0) is 17.1. The molecule has 0 aliphatic carbocycles. The number of rotatable bonds is 5. The number of amides is 1. The third-order valence-electron chi connectivity index (χ3n) is 4.08. The van der Waals surface area contributed by atoms with Crippen molar-refractivity contribution in [2.45, 2.75) is 19.8 Å². The van der Waals surface area contributed by atoms with E-state index in [0.717, 1.165) is 22.6 Å². The Balaban J connectivity index is 1.70. The van der Waals surface area contributed by atoms with Gasteiger partial charge < -0.3 is 9.64 Å². The molecule has 0 saturated heterocycles. The van der Waals surface area contributed by atoms with E-state index in [9.17, 15) is 14.9 Å². The van der Waals surface area contributed by atoms with Crippen LogP contribution in [0.15, 0.2) is 42.5 Å². The summed E-state index contributed by atoms with van der Waals surface area (Å²) in [5.74, 6) is 0.776. The number of ether oxygens (including phenoxy) is 1. The molecule has 1 aliphatic rings. The number of anilines is 1. The van der Waals surface area contributed by atoms with Crippen molar-refractivity contribution in [3.63, 3.8) is 0 Å². The van der Waals surface area contributed by atoms with Gasteiger partial charge in [-0.25, -0.2) is 0 Å². The van der Waals surface area contributed by atoms with Crippen LogP contribution in [0.2, 0.25) is 0 Å². The molecular weight excluding hydrogens is 308 g/mol. The average Bonchev–Trinajstić information content (AvgIpc) is 2.58. The first kappa shape index (κ1) is 16.0. The quantitative estimate of drug-likeness (QED) is 0.624. The molecule has 0 bridgehead atoms. The van der Waals surface area contributed by atoms with Crippen LogP contribution in [0.4, 0.5) is 11.4 Å². The summed E-state index contributed by atoms with van der Waals surface area (Å²) in [5, 5.41) is 10.9. The average molecular weight is 326 g/mol. The fraction of sp³-hybridized carbons (Fsp3) is 0.278. The summed E-state index contributed by atoms with van der Waals surface area (Å²) in [7, 11) is 0. The van der Waals surface area contributed by atoms with Crippen molar-refractivity contribution in [1.82, 2.24) is 0 Å². The van der Waals surface area contributed by atoms with Gasteiger partial charge in [0.1, 0.15) is 12.4 Å². The van der Waals surface area contributed by atoms with E-state index in [1.54, 1.807) is 17.0 Å². The third kappa shape index (κ3) is 3.37. The predicted octanol–water partition coefficient (Wildman–Crippen LogP) is 3.26. The second kappa shape index (κ2) is 6.70. The highest BCUT2D eigenvalue weighted by atomic mass is 16.6. The Morgan fingerprint density at radius 1 is 1.17 bits per heavy atom. The van der Waals surface area contributed by atoms with Gasteiger partial charge in [0.25, 0.3) is 5.69 Å². The van der Waals surface area contributed by atoms with Crippen molar-refractivity contribution in [3.05, 3.63) is 63.7 Å². The van der Waals surface area contributed by atoms with E-state index in [1.165, 1.54) is 6.07 Å². The Morgan fingerprint density at radius 2 is 1.92 bits per heavy atom. The molecule has 0 fully saturated rings. The number of aryl methyl sites for hydroxylation is 2. The number of nitro groups is 1. The van der Waals surface area contributed by atoms with E-state index in [4.69, 9.17) is 4.74 Å². The molecule has 124 valence electrons. The normalized spacial score (nSPS) is 13.5. The Labute approximate surface area is 139 Å². The van der Waals surface area contributed by atoms with Crippen LogP contribution in [0.1, 0.15) is 17.5 Å². The second-order valence-corrected chi connectivity index (χ2v) is 5.78. The lowest BCUT2D eigenvalue weighted by Crippen LogP contribution is -2.38. The lowest BCUT2D eigenvalue weighted by molar-refractivity contribution is -0.384. The summed E-state index contributed by atoms with van der Waals surface area (Å²) in [6.45, 7) is 2.79. The van der Waals surface area contributed by atoms with Gasteiger partial charge in [-0.1, -0.05) is 17.7 Å². The summed E-state index contributed by atoms with van der Waals surface area (Å²) in [6.07, 6.45) is 0.893. The fourth-order valence-electron chi connectivity index (χ4n) is 2.79. The van der Waals surface area contributed by atoms with Gasteiger partial charge in [-0.05, 0) is 37.1 Å². The largest absolute Gasteiger partial charge is 0.492 e. The maximum Gasteiger partial charge on any atom is 0.269 e. The Kier molecular flexibility index (Phi) is 4.46. The van der Waals surface area contributed by atoms with Gasteiger partial charge in [-0.3, -0.25) is 14.9 Å². The number of carbonyl (C=O) groups excluding carboxylic acids is 1. The molecule has 6 heteroatoms.